The van der Waals surface area contributed by atoms with Crippen molar-refractivity contribution in [2.45, 2.75) is 6.18 Å². The van der Waals surface area contributed by atoms with Crippen LogP contribution in [0.3, 0.4) is 0 Å². The number of carbonyl (C=O) groups excluding carboxylic acids is 1. The van der Waals surface area contributed by atoms with Crippen molar-refractivity contribution >= 4 is 28.9 Å². The average molecular weight is 418 g/mol. The van der Waals surface area contributed by atoms with Gasteiger partial charge in [0, 0.05) is 5.69 Å². The summed E-state index contributed by atoms with van der Waals surface area (Å²) in [5.41, 5.74) is 10.6. The first-order valence-corrected chi connectivity index (χ1v) is 8.53. The summed E-state index contributed by atoms with van der Waals surface area (Å²) in [5.74, 6) is -0.00157. The van der Waals surface area contributed by atoms with Crippen LogP contribution in [-0.2, 0) is 6.18 Å². The summed E-state index contributed by atoms with van der Waals surface area (Å²) >= 11 is 0. The molecule has 156 valence electrons. The number of carbonyl (C=O) groups is 1. The highest BCUT2D eigenvalue weighted by molar-refractivity contribution is 5.97. The van der Waals surface area contributed by atoms with Gasteiger partial charge in [-0.05, 0) is 30.3 Å². The van der Waals surface area contributed by atoms with Crippen LogP contribution in [0.25, 0.3) is 0 Å². The molecule has 0 saturated heterocycles. The second-order valence-corrected chi connectivity index (χ2v) is 5.97. The third-order valence-electron chi connectivity index (χ3n) is 3.98. The predicted molar refractivity (Wildman–Crippen MR) is 105 cm³/mol. The average Bonchev–Trinajstić information content (AvgIpc) is 2.73. The van der Waals surface area contributed by atoms with Gasteiger partial charge in [-0.1, -0.05) is 18.2 Å². The van der Waals surface area contributed by atoms with Crippen molar-refractivity contribution < 1.29 is 22.7 Å². The van der Waals surface area contributed by atoms with E-state index in [0.717, 1.165) is 18.5 Å². The molecule has 3 aromatic rings. The molecule has 0 saturated carbocycles. The van der Waals surface area contributed by atoms with Gasteiger partial charge in [-0.2, -0.15) is 13.2 Å². The molecule has 11 heteroatoms. The molecule has 0 unspecified atom stereocenters. The molecular formula is C19H17F3N6O2. The fraction of sp³-hybridized carbons (Fsp3) is 0.105. The molecule has 2 aromatic carbocycles. The van der Waals surface area contributed by atoms with Crippen LogP contribution in [0.4, 0.5) is 36.2 Å². The van der Waals surface area contributed by atoms with Crippen LogP contribution in [0, 0.1) is 0 Å². The molecule has 0 radical (unpaired) electrons. The van der Waals surface area contributed by atoms with Crippen LogP contribution in [-0.4, -0.2) is 23.0 Å². The summed E-state index contributed by atoms with van der Waals surface area (Å²) in [5, 5.41) is 2.71. The summed E-state index contributed by atoms with van der Waals surface area (Å²) < 4.78 is 43.8. The number of amides is 1. The van der Waals surface area contributed by atoms with Crippen LogP contribution < -0.4 is 26.6 Å². The lowest BCUT2D eigenvalue weighted by Crippen LogP contribution is -2.30. The zero-order valence-corrected chi connectivity index (χ0v) is 15.6. The highest BCUT2D eigenvalue weighted by Crippen LogP contribution is 2.32. The van der Waals surface area contributed by atoms with E-state index in [4.69, 9.17) is 10.5 Å². The summed E-state index contributed by atoms with van der Waals surface area (Å²) in [4.78, 5) is 20.2. The largest absolute Gasteiger partial charge is 0.496 e. The van der Waals surface area contributed by atoms with E-state index < -0.39 is 17.6 Å². The molecule has 0 aliphatic heterocycles. The quantitative estimate of drug-likeness (QED) is 0.453. The number of benzene rings is 2. The molecule has 0 aliphatic carbocycles. The number of hydrogen-bond donors (Lipinski definition) is 4. The van der Waals surface area contributed by atoms with E-state index >= 15 is 0 Å². The topological polar surface area (TPSA) is 114 Å². The highest BCUT2D eigenvalue weighted by atomic mass is 19.4. The molecular weight excluding hydrogens is 401 g/mol. The molecule has 0 fully saturated rings. The summed E-state index contributed by atoms with van der Waals surface area (Å²) in [6.45, 7) is 0. The predicted octanol–water partition coefficient (Wildman–Crippen LogP) is 3.59. The molecule has 0 aliphatic rings. The lowest BCUT2D eigenvalue weighted by molar-refractivity contribution is -0.137. The second kappa shape index (κ2) is 8.55. The van der Waals surface area contributed by atoms with Gasteiger partial charge in [-0.25, -0.2) is 9.97 Å². The maximum absolute atomic E-state index is 12.9. The van der Waals surface area contributed by atoms with E-state index in [9.17, 15) is 18.0 Å². The molecule has 5 N–H and O–H groups in total. The number of rotatable bonds is 6. The van der Waals surface area contributed by atoms with Gasteiger partial charge in [-0.3, -0.25) is 15.6 Å². The smallest absolute Gasteiger partial charge is 0.416 e. The molecule has 0 bridgehead atoms. The maximum atomic E-state index is 12.9. The zero-order chi connectivity index (χ0) is 21.7. The first kappa shape index (κ1) is 20.7. The van der Waals surface area contributed by atoms with Gasteiger partial charge in [0.05, 0.1) is 18.2 Å². The summed E-state index contributed by atoms with van der Waals surface area (Å²) in [7, 11) is 1.44. The number of nitrogens with two attached hydrogens (primary N) is 1. The SMILES string of the molecule is COc1ccccc1C(=O)NNc1ncnc(Nc2cccc(C(F)(F)F)c2)c1N. The number of methoxy groups -OCH3 is 1. The van der Waals surface area contributed by atoms with E-state index in [1.54, 1.807) is 24.3 Å². The van der Waals surface area contributed by atoms with E-state index in [0.29, 0.717) is 5.75 Å². The Morgan fingerprint density at radius 3 is 2.53 bits per heavy atom. The van der Waals surface area contributed by atoms with Gasteiger partial charge in [0.2, 0.25) is 0 Å². The Labute approximate surface area is 169 Å². The minimum absolute atomic E-state index is 0.00441. The lowest BCUT2D eigenvalue weighted by atomic mass is 10.2. The molecule has 3 rings (SSSR count). The van der Waals surface area contributed by atoms with E-state index in [2.05, 4.69) is 26.1 Å². The Bertz CT molecular complexity index is 1060. The minimum Gasteiger partial charge on any atom is -0.496 e. The fourth-order valence-corrected chi connectivity index (χ4v) is 2.52. The van der Waals surface area contributed by atoms with E-state index in [1.165, 1.54) is 19.2 Å². The lowest BCUT2D eigenvalue weighted by Gasteiger charge is -2.14. The number of alkyl halides is 3. The molecule has 1 heterocycles. The molecule has 8 nitrogen and oxygen atoms in total. The number of anilines is 4. The molecule has 1 amide bonds. The Kier molecular flexibility index (Phi) is 5.90. The van der Waals surface area contributed by atoms with Gasteiger partial charge in [0.15, 0.2) is 11.6 Å². The molecule has 0 atom stereocenters. The van der Waals surface area contributed by atoms with Crippen molar-refractivity contribution in [2.24, 2.45) is 0 Å². The first-order chi connectivity index (χ1) is 14.3. The zero-order valence-electron chi connectivity index (χ0n) is 15.6. The van der Waals surface area contributed by atoms with Crippen molar-refractivity contribution in [2.75, 3.05) is 23.6 Å². The molecule has 1 aromatic heterocycles. The van der Waals surface area contributed by atoms with Gasteiger partial charge in [0.25, 0.3) is 5.91 Å². The van der Waals surface area contributed by atoms with E-state index in [-0.39, 0.29) is 28.6 Å². The van der Waals surface area contributed by atoms with Gasteiger partial charge < -0.3 is 15.8 Å². The number of ether oxygens (including phenoxy) is 1. The van der Waals surface area contributed by atoms with Crippen LogP contribution in [0.15, 0.2) is 54.9 Å². The minimum atomic E-state index is -4.48. The number of para-hydroxylation sites is 1. The number of hydrazine groups is 1. The van der Waals surface area contributed by atoms with Gasteiger partial charge >= 0.3 is 6.18 Å². The van der Waals surface area contributed by atoms with Crippen LogP contribution in [0.2, 0.25) is 0 Å². The third-order valence-corrected chi connectivity index (χ3v) is 3.98. The van der Waals surface area contributed by atoms with Crippen molar-refractivity contribution in [3.05, 3.63) is 66.0 Å². The Morgan fingerprint density at radius 1 is 1.07 bits per heavy atom. The Hall–Kier alpha value is -4.02. The number of nitrogens with zero attached hydrogens (tertiary/aromatic N) is 2. The Balaban J connectivity index is 1.75. The van der Waals surface area contributed by atoms with Crippen LogP contribution in [0.5, 0.6) is 5.75 Å². The van der Waals surface area contributed by atoms with Crippen molar-refractivity contribution in [1.29, 1.82) is 0 Å². The van der Waals surface area contributed by atoms with E-state index in [1.807, 2.05) is 0 Å². The number of nitrogens with one attached hydrogen (secondary N) is 3. The Morgan fingerprint density at radius 2 is 1.80 bits per heavy atom. The molecule has 30 heavy (non-hydrogen) atoms. The van der Waals surface area contributed by atoms with Crippen LogP contribution >= 0.6 is 0 Å². The second-order valence-electron chi connectivity index (χ2n) is 5.97. The van der Waals surface area contributed by atoms with Gasteiger partial charge in [0.1, 0.15) is 17.8 Å². The monoisotopic (exact) mass is 418 g/mol. The number of nitrogen functional groups attached to an aromatic ring is 1. The highest BCUT2D eigenvalue weighted by Gasteiger charge is 2.30. The normalized spacial score (nSPS) is 10.9. The first-order valence-electron chi connectivity index (χ1n) is 8.53. The standard InChI is InChI=1S/C19H17F3N6O2/c1-30-14-8-3-2-7-13(14)18(29)28-27-17-15(23)16(24-10-25-17)26-12-6-4-5-11(9-12)19(20,21)22/h2-10H,23H2,1H3,(H,28,29)(H2,24,25,26,27). The number of hydrogen-bond acceptors (Lipinski definition) is 7. The number of aromatic nitrogens is 2. The molecule has 0 spiro atoms. The summed E-state index contributed by atoms with van der Waals surface area (Å²) in [6, 6.07) is 11.2. The maximum Gasteiger partial charge on any atom is 0.416 e. The van der Waals surface area contributed by atoms with Crippen molar-refractivity contribution in [3.63, 3.8) is 0 Å². The number of halogens is 3. The fourth-order valence-electron chi connectivity index (χ4n) is 2.52. The van der Waals surface area contributed by atoms with Crippen molar-refractivity contribution in [3.8, 4) is 5.75 Å². The van der Waals surface area contributed by atoms with Crippen molar-refractivity contribution in [1.82, 2.24) is 15.4 Å². The summed E-state index contributed by atoms with van der Waals surface area (Å²) in [6.07, 6.45) is -3.34. The van der Waals surface area contributed by atoms with Crippen LogP contribution in [0.1, 0.15) is 15.9 Å². The van der Waals surface area contributed by atoms with Gasteiger partial charge in [-0.15, -0.1) is 0 Å². The third kappa shape index (κ3) is 4.69.